The number of benzene rings is 2. The third-order valence-corrected chi connectivity index (χ3v) is 7.93. The molecule has 0 aromatic heterocycles. The Morgan fingerprint density at radius 1 is 0.905 bits per heavy atom. The highest BCUT2D eigenvalue weighted by Gasteiger charge is 2.45. The van der Waals surface area contributed by atoms with E-state index in [0.717, 1.165) is 74.4 Å². The zero-order valence-electron chi connectivity index (χ0n) is 25.4. The molecule has 2 fully saturated rings. The molecule has 0 saturated carbocycles. The molecule has 1 amide bonds. The second-order valence-electron chi connectivity index (χ2n) is 11.1. The Kier molecular flexibility index (Phi) is 11.8. The molecule has 0 radical (unpaired) electrons. The van der Waals surface area contributed by atoms with Crippen molar-refractivity contribution < 1.29 is 28.9 Å². The summed E-state index contributed by atoms with van der Waals surface area (Å²) in [6.07, 6.45) is 5.94. The monoisotopic (exact) mass is 578 g/mol. The SMILES string of the molecule is CCCCCOc1ccc(C2C(=C(O)c3ccc(OCCCC)c(C)c3)C(=O)C(=O)N2CCCN2CCOCC2)cc1. The van der Waals surface area contributed by atoms with E-state index in [1.54, 1.807) is 11.0 Å². The van der Waals surface area contributed by atoms with Gasteiger partial charge in [0.05, 0.1) is 38.0 Å². The Balaban J connectivity index is 1.61. The summed E-state index contributed by atoms with van der Waals surface area (Å²) >= 11 is 0. The molecule has 2 aliphatic heterocycles. The van der Waals surface area contributed by atoms with Gasteiger partial charge in [-0.1, -0.05) is 45.2 Å². The fraction of sp³-hybridized carbons (Fsp3) is 0.529. The van der Waals surface area contributed by atoms with Gasteiger partial charge in [0.1, 0.15) is 17.3 Å². The first kappa shape index (κ1) is 31.6. The summed E-state index contributed by atoms with van der Waals surface area (Å²) in [5.41, 5.74) is 2.22. The molecule has 8 heteroatoms. The number of carbonyl (C=O) groups excluding carboxylic acids is 2. The number of ether oxygens (including phenoxy) is 3. The van der Waals surface area contributed by atoms with Crippen molar-refractivity contribution in [2.45, 2.75) is 65.3 Å². The lowest BCUT2D eigenvalue weighted by Gasteiger charge is -2.29. The van der Waals surface area contributed by atoms with Crippen LogP contribution >= 0.6 is 0 Å². The maximum absolute atomic E-state index is 13.5. The van der Waals surface area contributed by atoms with Gasteiger partial charge < -0.3 is 24.2 Å². The molecule has 2 saturated heterocycles. The van der Waals surface area contributed by atoms with Crippen LogP contribution < -0.4 is 9.47 Å². The van der Waals surface area contributed by atoms with E-state index in [1.807, 2.05) is 43.3 Å². The van der Waals surface area contributed by atoms with Crippen molar-refractivity contribution in [2.24, 2.45) is 0 Å². The molecule has 42 heavy (non-hydrogen) atoms. The molecule has 2 aromatic carbocycles. The Bertz CT molecular complexity index is 1220. The number of Topliss-reactive ketones (excluding diaryl/α,β-unsaturated/α-hetero) is 1. The van der Waals surface area contributed by atoms with Gasteiger partial charge in [-0.25, -0.2) is 0 Å². The number of likely N-dealkylation sites (tertiary alicyclic amines) is 1. The number of ketones is 1. The lowest BCUT2D eigenvalue weighted by Crippen LogP contribution is -2.38. The summed E-state index contributed by atoms with van der Waals surface area (Å²) < 4.78 is 17.2. The largest absolute Gasteiger partial charge is 0.507 e. The van der Waals surface area contributed by atoms with Gasteiger partial charge in [-0.05, 0) is 67.6 Å². The number of carbonyl (C=O) groups is 2. The van der Waals surface area contributed by atoms with Crippen LogP contribution in [-0.4, -0.2) is 79.2 Å². The minimum absolute atomic E-state index is 0.113. The molecule has 2 aliphatic rings. The predicted molar refractivity (Wildman–Crippen MR) is 164 cm³/mol. The van der Waals surface area contributed by atoms with Crippen LogP contribution in [0, 0.1) is 6.92 Å². The Labute approximate surface area is 250 Å². The van der Waals surface area contributed by atoms with Crippen molar-refractivity contribution in [1.29, 1.82) is 0 Å². The number of nitrogens with zero attached hydrogens (tertiary/aromatic N) is 2. The van der Waals surface area contributed by atoms with E-state index in [4.69, 9.17) is 14.2 Å². The Hall–Kier alpha value is -3.36. The molecule has 0 spiro atoms. The van der Waals surface area contributed by atoms with Crippen LogP contribution in [0.2, 0.25) is 0 Å². The molecule has 8 nitrogen and oxygen atoms in total. The zero-order chi connectivity index (χ0) is 29.9. The molecule has 1 atom stereocenters. The molecule has 1 unspecified atom stereocenters. The summed E-state index contributed by atoms with van der Waals surface area (Å²) in [4.78, 5) is 30.8. The molecule has 228 valence electrons. The minimum Gasteiger partial charge on any atom is -0.507 e. The summed E-state index contributed by atoms with van der Waals surface area (Å²) in [7, 11) is 0. The molecular formula is C34H46N2O6. The highest BCUT2D eigenvalue weighted by molar-refractivity contribution is 6.46. The average Bonchev–Trinajstić information content (AvgIpc) is 3.26. The normalized spacial score (nSPS) is 18.9. The highest BCUT2D eigenvalue weighted by Crippen LogP contribution is 2.40. The topological polar surface area (TPSA) is 88.5 Å². The number of aliphatic hydroxyl groups is 1. The minimum atomic E-state index is -0.690. The number of aryl methyl sites for hydroxylation is 1. The predicted octanol–water partition coefficient (Wildman–Crippen LogP) is 5.89. The van der Waals surface area contributed by atoms with Gasteiger partial charge in [0.2, 0.25) is 0 Å². The van der Waals surface area contributed by atoms with Crippen molar-refractivity contribution in [1.82, 2.24) is 9.80 Å². The molecule has 0 bridgehead atoms. The average molecular weight is 579 g/mol. The fourth-order valence-corrected chi connectivity index (χ4v) is 5.48. The van der Waals surface area contributed by atoms with E-state index < -0.39 is 17.7 Å². The summed E-state index contributed by atoms with van der Waals surface area (Å²) in [5.74, 6) is 0.0736. The van der Waals surface area contributed by atoms with E-state index in [0.29, 0.717) is 45.0 Å². The second-order valence-corrected chi connectivity index (χ2v) is 11.1. The number of hydrogen-bond acceptors (Lipinski definition) is 7. The maximum atomic E-state index is 13.5. The summed E-state index contributed by atoms with van der Waals surface area (Å²) in [5, 5.41) is 11.5. The smallest absolute Gasteiger partial charge is 0.295 e. The number of hydrogen-bond donors (Lipinski definition) is 1. The molecule has 4 rings (SSSR count). The fourth-order valence-electron chi connectivity index (χ4n) is 5.48. The van der Waals surface area contributed by atoms with Gasteiger partial charge in [-0.2, -0.15) is 0 Å². The maximum Gasteiger partial charge on any atom is 0.295 e. The number of morpholine rings is 1. The van der Waals surface area contributed by atoms with E-state index in [2.05, 4.69) is 18.7 Å². The first-order valence-electron chi connectivity index (χ1n) is 15.5. The first-order chi connectivity index (χ1) is 20.4. The molecule has 1 N–H and O–H groups in total. The first-order valence-corrected chi connectivity index (χ1v) is 15.5. The van der Waals surface area contributed by atoms with Crippen molar-refractivity contribution in [2.75, 3.05) is 52.6 Å². The molecule has 2 aromatic rings. The highest BCUT2D eigenvalue weighted by atomic mass is 16.5. The van der Waals surface area contributed by atoms with Crippen LogP contribution in [-0.2, 0) is 14.3 Å². The lowest BCUT2D eigenvalue weighted by atomic mass is 9.94. The quantitative estimate of drug-likeness (QED) is 0.122. The van der Waals surface area contributed by atoms with Crippen LogP contribution in [0.4, 0.5) is 0 Å². The van der Waals surface area contributed by atoms with E-state index in [1.165, 1.54) is 0 Å². The molecular weight excluding hydrogens is 532 g/mol. The zero-order valence-corrected chi connectivity index (χ0v) is 25.4. The van der Waals surface area contributed by atoms with Crippen LogP contribution in [0.15, 0.2) is 48.0 Å². The Morgan fingerprint density at radius 2 is 1.62 bits per heavy atom. The van der Waals surface area contributed by atoms with Gasteiger partial charge in [-0.3, -0.25) is 14.5 Å². The van der Waals surface area contributed by atoms with Crippen LogP contribution in [0.25, 0.3) is 5.76 Å². The number of amides is 1. The summed E-state index contributed by atoms with van der Waals surface area (Å²) in [6.45, 7) is 11.8. The third-order valence-electron chi connectivity index (χ3n) is 7.93. The van der Waals surface area contributed by atoms with Gasteiger partial charge >= 0.3 is 0 Å². The molecule has 0 aliphatic carbocycles. The Morgan fingerprint density at radius 3 is 2.31 bits per heavy atom. The van der Waals surface area contributed by atoms with Crippen molar-refractivity contribution in [3.8, 4) is 11.5 Å². The van der Waals surface area contributed by atoms with Gasteiger partial charge in [0.15, 0.2) is 0 Å². The van der Waals surface area contributed by atoms with Gasteiger partial charge in [0.25, 0.3) is 11.7 Å². The van der Waals surface area contributed by atoms with Crippen LogP contribution in [0.3, 0.4) is 0 Å². The third kappa shape index (κ3) is 7.92. The van der Waals surface area contributed by atoms with Crippen LogP contribution in [0.5, 0.6) is 11.5 Å². The van der Waals surface area contributed by atoms with Crippen molar-refractivity contribution in [3.63, 3.8) is 0 Å². The van der Waals surface area contributed by atoms with Gasteiger partial charge in [0, 0.05) is 31.7 Å². The number of unbranched alkanes of at least 4 members (excludes halogenated alkanes) is 3. The van der Waals surface area contributed by atoms with Crippen molar-refractivity contribution in [3.05, 3.63) is 64.7 Å². The summed E-state index contributed by atoms with van der Waals surface area (Å²) in [6, 6.07) is 12.2. The van der Waals surface area contributed by atoms with E-state index in [9.17, 15) is 14.7 Å². The van der Waals surface area contributed by atoms with Crippen LogP contribution in [0.1, 0.15) is 75.1 Å². The molecule has 2 heterocycles. The van der Waals surface area contributed by atoms with E-state index >= 15 is 0 Å². The van der Waals surface area contributed by atoms with Crippen molar-refractivity contribution >= 4 is 17.4 Å². The lowest BCUT2D eigenvalue weighted by molar-refractivity contribution is -0.140. The standard InChI is InChI=1S/C34H46N2O6/c1-4-6-8-21-41-28-13-10-26(11-14-28)31-30(32(37)27-12-15-29(25(3)24-27)42-20-7-5-2)33(38)34(39)36(31)17-9-16-35-18-22-40-23-19-35/h10-15,24,31,37H,4-9,16-23H2,1-3H3. The number of rotatable bonds is 15. The van der Waals surface area contributed by atoms with Gasteiger partial charge in [-0.15, -0.1) is 0 Å². The van der Waals surface area contributed by atoms with E-state index in [-0.39, 0.29) is 11.3 Å². The number of aliphatic hydroxyl groups excluding tert-OH is 1. The second kappa shape index (κ2) is 15.8.